The Bertz CT molecular complexity index is 321. The topological polar surface area (TPSA) is 24.9 Å². The highest BCUT2D eigenvalue weighted by Gasteiger charge is 2.21. The molecule has 0 aliphatic rings. The van der Waals surface area contributed by atoms with Crippen molar-refractivity contribution in [2.45, 2.75) is 59.5 Å². The lowest BCUT2D eigenvalue weighted by Gasteiger charge is -2.18. The molecule has 1 rings (SSSR count). The standard InChI is InChI=1S/C12H22N2S/c1-8(2)13-7-10-11(12(4,5)6)14-9(3)15-10/h8,13H,7H2,1-6H3. The zero-order chi connectivity index (χ0) is 11.6. The monoisotopic (exact) mass is 226 g/mol. The van der Waals surface area contributed by atoms with E-state index in [1.54, 1.807) is 0 Å². The van der Waals surface area contributed by atoms with Crippen LogP contribution in [0.5, 0.6) is 0 Å². The number of aryl methyl sites for hydroxylation is 1. The van der Waals surface area contributed by atoms with E-state index >= 15 is 0 Å². The fourth-order valence-corrected chi connectivity index (χ4v) is 2.57. The molecule has 1 aromatic heterocycles. The second-order valence-corrected chi connectivity index (χ2v) is 6.58. The van der Waals surface area contributed by atoms with Crippen molar-refractivity contribution in [2.75, 3.05) is 0 Å². The second kappa shape index (κ2) is 4.62. The van der Waals surface area contributed by atoms with Crippen molar-refractivity contribution in [3.8, 4) is 0 Å². The third-order valence-electron chi connectivity index (χ3n) is 2.19. The molecule has 86 valence electrons. The van der Waals surface area contributed by atoms with E-state index in [0.717, 1.165) is 6.54 Å². The normalized spacial score (nSPS) is 12.5. The van der Waals surface area contributed by atoms with Gasteiger partial charge in [0.15, 0.2) is 0 Å². The number of nitrogens with zero attached hydrogens (tertiary/aromatic N) is 1. The van der Waals surface area contributed by atoms with E-state index in [9.17, 15) is 0 Å². The molecule has 15 heavy (non-hydrogen) atoms. The Morgan fingerprint density at radius 3 is 2.40 bits per heavy atom. The number of hydrogen-bond donors (Lipinski definition) is 1. The van der Waals surface area contributed by atoms with Crippen molar-refractivity contribution in [3.63, 3.8) is 0 Å². The van der Waals surface area contributed by atoms with E-state index in [4.69, 9.17) is 0 Å². The third-order valence-corrected chi connectivity index (χ3v) is 3.16. The van der Waals surface area contributed by atoms with Crippen LogP contribution in [0.1, 0.15) is 50.2 Å². The SMILES string of the molecule is Cc1nc(C(C)(C)C)c(CNC(C)C)s1. The van der Waals surface area contributed by atoms with Crippen LogP contribution >= 0.6 is 11.3 Å². The van der Waals surface area contributed by atoms with Crippen LogP contribution < -0.4 is 5.32 Å². The first-order chi connectivity index (χ1) is 6.80. The van der Waals surface area contributed by atoms with Gasteiger partial charge in [-0.2, -0.15) is 0 Å². The molecule has 0 saturated heterocycles. The maximum Gasteiger partial charge on any atom is 0.0900 e. The number of aromatic nitrogens is 1. The minimum Gasteiger partial charge on any atom is -0.310 e. The smallest absolute Gasteiger partial charge is 0.0900 e. The van der Waals surface area contributed by atoms with E-state index in [-0.39, 0.29) is 5.41 Å². The Kier molecular flexibility index (Phi) is 3.90. The molecule has 2 nitrogen and oxygen atoms in total. The van der Waals surface area contributed by atoms with Crippen LogP contribution in [0.15, 0.2) is 0 Å². The summed E-state index contributed by atoms with van der Waals surface area (Å²) in [7, 11) is 0. The molecule has 0 aliphatic heterocycles. The molecule has 0 radical (unpaired) electrons. The predicted molar refractivity (Wildman–Crippen MR) is 67.5 cm³/mol. The van der Waals surface area contributed by atoms with Gasteiger partial charge in [-0.15, -0.1) is 11.3 Å². The van der Waals surface area contributed by atoms with Crippen LogP contribution in [-0.2, 0) is 12.0 Å². The molecule has 1 aromatic rings. The highest BCUT2D eigenvalue weighted by molar-refractivity contribution is 7.11. The van der Waals surface area contributed by atoms with Gasteiger partial charge < -0.3 is 5.32 Å². The summed E-state index contributed by atoms with van der Waals surface area (Å²) in [6.07, 6.45) is 0. The van der Waals surface area contributed by atoms with Gasteiger partial charge in [0.1, 0.15) is 0 Å². The Morgan fingerprint density at radius 2 is 1.93 bits per heavy atom. The molecule has 0 spiro atoms. The molecule has 0 aromatic carbocycles. The van der Waals surface area contributed by atoms with Crippen LogP contribution in [0.2, 0.25) is 0 Å². The summed E-state index contributed by atoms with van der Waals surface area (Å²) >= 11 is 1.81. The molecule has 3 heteroatoms. The van der Waals surface area contributed by atoms with Crippen LogP contribution in [0.4, 0.5) is 0 Å². The maximum absolute atomic E-state index is 4.64. The number of thiazole rings is 1. The highest BCUT2D eigenvalue weighted by atomic mass is 32.1. The summed E-state index contributed by atoms with van der Waals surface area (Å²) in [6, 6.07) is 0.528. The first-order valence-corrected chi connectivity index (χ1v) is 6.32. The third kappa shape index (κ3) is 3.58. The lowest BCUT2D eigenvalue weighted by atomic mass is 9.91. The zero-order valence-electron chi connectivity index (χ0n) is 10.6. The van der Waals surface area contributed by atoms with Crippen molar-refractivity contribution in [1.82, 2.24) is 10.3 Å². The van der Waals surface area contributed by atoms with Crippen molar-refractivity contribution in [2.24, 2.45) is 0 Å². The van der Waals surface area contributed by atoms with Crippen LogP contribution in [0.3, 0.4) is 0 Å². The van der Waals surface area contributed by atoms with Gasteiger partial charge in [-0.1, -0.05) is 34.6 Å². The van der Waals surface area contributed by atoms with Gasteiger partial charge in [-0.05, 0) is 6.92 Å². The lowest BCUT2D eigenvalue weighted by Crippen LogP contribution is -2.23. The van der Waals surface area contributed by atoms with Crippen LogP contribution in [-0.4, -0.2) is 11.0 Å². The summed E-state index contributed by atoms with van der Waals surface area (Å²) in [5, 5.41) is 4.63. The molecule has 0 atom stereocenters. The van der Waals surface area contributed by atoms with Gasteiger partial charge in [0.05, 0.1) is 10.7 Å². The van der Waals surface area contributed by atoms with Crippen LogP contribution in [0, 0.1) is 6.92 Å². The minimum atomic E-state index is 0.152. The molecule has 0 fully saturated rings. The zero-order valence-corrected chi connectivity index (χ0v) is 11.5. The summed E-state index contributed by atoms with van der Waals surface area (Å²) in [6.45, 7) is 14.0. The fraction of sp³-hybridized carbons (Fsp3) is 0.750. The molecule has 1 N–H and O–H groups in total. The van der Waals surface area contributed by atoms with Gasteiger partial charge in [-0.3, -0.25) is 0 Å². The van der Waals surface area contributed by atoms with Gasteiger partial charge in [0.25, 0.3) is 0 Å². The van der Waals surface area contributed by atoms with Crippen LogP contribution in [0.25, 0.3) is 0 Å². The van der Waals surface area contributed by atoms with E-state index in [0.29, 0.717) is 6.04 Å². The van der Waals surface area contributed by atoms with Gasteiger partial charge in [0, 0.05) is 22.9 Å². The molecule has 0 bridgehead atoms. The summed E-state index contributed by atoms with van der Waals surface area (Å²) in [5.74, 6) is 0. The van der Waals surface area contributed by atoms with E-state index in [1.165, 1.54) is 15.6 Å². The first kappa shape index (κ1) is 12.7. The van der Waals surface area contributed by atoms with Gasteiger partial charge in [-0.25, -0.2) is 4.98 Å². The van der Waals surface area contributed by atoms with Crippen molar-refractivity contribution >= 4 is 11.3 Å². The Hall–Kier alpha value is -0.410. The molecule has 0 amide bonds. The first-order valence-electron chi connectivity index (χ1n) is 5.51. The molecule has 1 heterocycles. The average Bonchev–Trinajstić information content (AvgIpc) is 2.42. The average molecular weight is 226 g/mol. The van der Waals surface area contributed by atoms with Gasteiger partial charge >= 0.3 is 0 Å². The second-order valence-electron chi connectivity index (χ2n) is 5.29. The van der Waals surface area contributed by atoms with E-state index in [2.05, 4.69) is 51.8 Å². The fourth-order valence-electron chi connectivity index (χ4n) is 1.47. The highest BCUT2D eigenvalue weighted by Crippen LogP contribution is 2.29. The van der Waals surface area contributed by atoms with Crippen molar-refractivity contribution in [3.05, 3.63) is 15.6 Å². The molecular formula is C12H22N2S. The largest absolute Gasteiger partial charge is 0.310 e. The number of hydrogen-bond acceptors (Lipinski definition) is 3. The molecule has 0 aliphatic carbocycles. The summed E-state index contributed by atoms with van der Waals surface area (Å²) in [5.41, 5.74) is 1.40. The minimum absolute atomic E-state index is 0.152. The van der Waals surface area contributed by atoms with Crippen molar-refractivity contribution < 1.29 is 0 Å². The Balaban J connectivity index is 2.87. The van der Waals surface area contributed by atoms with Crippen molar-refractivity contribution in [1.29, 1.82) is 0 Å². The Labute approximate surface area is 97.1 Å². The maximum atomic E-state index is 4.64. The van der Waals surface area contributed by atoms with E-state index < -0.39 is 0 Å². The quantitative estimate of drug-likeness (QED) is 0.856. The molecule has 0 saturated carbocycles. The lowest BCUT2D eigenvalue weighted by molar-refractivity contribution is 0.545. The molecule has 0 unspecified atom stereocenters. The summed E-state index contributed by atoms with van der Waals surface area (Å²) in [4.78, 5) is 6.02. The van der Waals surface area contributed by atoms with E-state index in [1.807, 2.05) is 11.3 Å². The number of nitrogens with one attached hydrogen (secondary N) is 1. The Morgan fingerprint density at radius 1 is 1.33 bits per heavy atom. The summed E-state index contributed by atoms with van der Waals surface area (Å²) < 4.78 is 0. The van der Waals surface area contributed by atoms with Gasteiger partial charge in [0.2, 0.25) is 0 Å². The molecular weight excluding hydrogens is 204 g/mol. The number of rotatable bonds is 3. The predicted octanol–water partition coefficient (Wildman–Crippen LogP) is 3.25.